The Morgan fingerprint density at radius 2 is 2.08 bits per heavy atom. The summed E-state index contributed by atoms with van der Waals surface area (Å²) in [4.78, 5) is 14.5. The Balaban J connectivity index is 1.48. The van der Waals surface area contributed by atoms with Gasteiger partial charge in [-0.25, -0.2) is 0 Å². The van der Waals surface area contributed by atoms with Crippen molar-refractivity contribution >= 4 is 5.91 Å². The fourth-order valence-electron chi connectivity index (χ4n) is 4.96. The summed E-state index contributed by atoms with van der Waals surface area (Å²) < 4.78 is 1.87. The third kappa shape index (κ3) is 3.16. The number of nitrogens with zero attached hydrogens (tertiary/aromatic N) is 3. The van der Waals surface area contributed by atoms with Gasteiger partial charge in [0.05, 0.1) is 6.20 Å². The Bertz CT molecular complexity index is 789. The molecule has 0 bridgehead atoms. The quantitative estimate of drug-likeness (QED) is 0.920. The number of amides is 1. The molecule has 1 N–H and O–H groups in total. The summed E-state index contributed by atoms with van der Waals surface area (Å²) in [5.74, 6) is 0.506. The first-order valence-electron chi connectivity index (χ1n) is 9.59. The van der Waals surface area contributed by atoms with Gasteiger partial charge in [0.15, 0.2) is 0 Å². The zero-order chi connectivity index (χ0) is 18.1. The van der Waals surface area contributed by atoms with Crippen molar-refractivity contribution in [2.24, 2.45) is 7.05 Å². The summed E-state index contributed by atoms with van der Waals surface area (Å²) >= 11 is 0. The van der Waals surface area contributed by atoms with Gasteiger partial charge in [0.25, 0.3) is 0 Å². The van der Waals surface area contributed by atoms with Crippen LogP contribution in [0.3, 0.4) is 0 Å². The summed E-state index contributed by atoms with van der Waals surface area (Å²) in [6.07, 6.45) is 8.14. The molecule has 2 aromatic rings. The van der Waals surface area contributed by atoms with E-state index in [2.05, 4.69) is 45.8 Å². The Labute approximate surface area is 155 Å². The molecule has 1 aromatic heterocycles. The number of hydrogen-bond acceptors (Lipinski definition) is 3. The maximum absolute atomic E-state index is 12.0. The van der Waals surface area contributed by atoms with Gasteiger partial charge in [0, 0.05) is 38.8 Å². The molecule has 5 heteroatoms. The van der Waals surface area contributed by atoms with E-state index < -0.39 is 0 Å². The molecule has 0 unspecified atom stereocenters. The normalized spacial score (nSPS) is 21.7. The first-order valence-corrected chi connectivity index (χ1v) is 9.59. The van der Waals surface area contributed by atoms with Crippen LogP contribution in [0.15, 0.2) is 36.7 Å². The van der Waals surface area contributed by atoms with Gasteiger partial charge in [-0.3, -0.25) is 14.4 Å². The minimum Gasteiger partial charge on any atom is -0.359 e. The third-order valence-electron chi connectivity index (χ3n) is 6.30. The molecule has 1 aromatic carbocycles. The van der Waals surface area contributed by atoms with Gasteiger partial charge in [-0.1, -0.05) is 24.3 Å². The number of benzene rings is 1. The standard InChI is InChI=1S/C21H28N4O/c1-22-20(26)11-17-12-21(19-6-4-3-5-18(17)19)7-9-25(10-8-21)15-16-13-23-24(2)14-16/h3-6,13-14,17H,7-12,15H2,1-2H3,(H,22,26)/t17-/m0/s1. The molecule has 1 saturated heterocycles. The SMILES string of the molecule is CNC(=O)C[C@H]1CC2(CCN(Cc3cnn(C)c3)CC2)c2ccccc21. The lowest BCUT2D eigenvalue weighted by molar-refractivity contribution is -0.121. The second kappa shape index (κ2) is 6.88. The number of rotatable bonds is 4. The third-order valence-corrected chi connectivity index (χ3v) is 6.30. The van der Waals surface area contributed by atoms with E-state index in [1.54, 1.807) is 7.05 Å². The second-order valence-electron chi connectivity index (χ2n) is 7.94. The molecule has 0 radical (unpaired) electrons. The summed E-state index contributed by atoms with van der Waals surface area (Å²) in [5.41, 5.74) is 4.43. The van der Waals surface area contributed by atoms with Crippen molar-refractivity contribution in [1.82, 2.24) is 20.0 Å². The van der Waals surface area contributed by atoms with Crippen molar-refractivity contribution in [3.05, 3.63) is 53.3 Å². The number of fused-ring (bicyclic) bond motifs is 2. The number of aryl methyl sites for hydroxylation is 1. The van der Waals surface area contributed by atoms with Crippen LogP contribution >= 0.6 is 0 Å². The molecule has 5 nitrogen and oxygen atoms in total. The van der Waals surface area contributed by atoms with Crippen LogP contribution in [0.4, 0.5) is 0 Å². The molecule has 0 saturated carbocycles. The van der Waals surface area contributed by atoms with Crippen molar-refractivity contribution in [3.63, 3.8) is 0 Å². The minimum atomic E-state index is 0.149. The van der Waals surface area contributed by atoms with E-state index >= 15 is 0 Å². The summed E-state index contributed by atoms with van der Waals surface area (Å²) in [7, 11) is 3.70. The van der Waals surface area contributed by atoms with Gasteiger partial charge in [-0.15, -0.1) is 0 Å². The number of carbonyl (C=O) groups excluding carboxylic acids is 1. The fraction of sp³-hybridized carbons (Fsp3) is 0.524. The zero-order valence-electron chi connectivity index (χ0n) is 15.7. The highest BCUT2D eigenvalue weighted by molar-refractivity contribution is 5.77. The van der Waals surface area contributed by atoms with E-state index in [9.17, 15) is 4.79 Å². The molecule has 2 heterocycles. The Morgan fingerprint density at radius 3 is 2.77 bits per heavy atom. The van der Waals surface area contributed by atoms with Gasteiger partial charge in [0.1, 0.15) is 0 Å². The average molecular weight is 352 g/mol. The predicted molar refractivity (Wildman–Crippen MR) is 102 cm³/mol. The molecule has 1 aliphatic carbocycles. The molecular weight excluding hydrogens is 324 g/mol. The van der Waals surface area contributed by atoms with Crippen LogP contribution in [0.1, 0.15) is 48.3 Å². The van der Waals surface area contributed by atoms with Crippen LogP contribution in [0.2, 0.25) is 0 Å². The lowest BCUT2D eigenvalue weighted by Gasteiger charge is -2.40. The van der Waals surface area contributed by atoms with E-state index in [4.69, 9.17) is 0 Å². The van der Waals surface area contributed by atoms with Crippen LogP contribution in [0.5, 0.6) is 0 Å². The lowest BCUT2D eigenvalue weighted by Crippen LogP contribution is -2.41. The molecule has 1 aliphatic heterocycles. The second-order valence-corrected chi connectivity index (χ2v) is 7.94. The maximum atomic E-state index is 12.0. The molecule has 2 aliphatic rings. The lowest BCUT2D eigenvalue weighted by atomic mass is 9.73. The zero-order valence-corrected chi connectivity index (χ0v) is 15.7. The van der Waals surface area contributed by atoms with Crippen LogP contribution in [0.25, 0.3) is 0 Å². The highest BCUT2D eigenvalue weighted by Crippen LogP contribution is 2.52. The largest absolute Gasteiger partial charge is 0.359 e. The Kier molecular flexibility index (Phi) is 4.57. The first-order chi connectivity index (χ1) is 12.6. The topological polar surface area (TPSA) is 50.2 Å². The van der Waals surface area contributed by atoms with E-state index in [0.717, 1.165) is 26.1 Å². The van der Waals surface area contributed by atoms with E-state index in [0.29, 0.717) is 12.3 Å². The molecule has 138 valence electrons. The number of nitrogens with one attached hydrogen (secondary N) is 1. The van der Waals surface area contributed by atoms with Crippen molar-refractivity contribution in [2.75, 3.05) is 20.1 Å². The van der Waals surface area contributed by atoms with Crippen molar-refractivity contribution in [1.29, 1.82) is 0 Å². The Hall–Kier alpha value is -2.14. The summed E-state index contributed by atoms with van der Waals surface area (Å²) in [6, 6.07) is 8.81. The van der Waals surface area contributed by atoms with Gasteiger partial charge in [0.2, 0.25) is 5.91 Å². The summed E-state index contributed by atoms with van der Waals surface area (Å²) in [5, 5.41) is 7.08. The van der Waals surface area contributed by atoms with Crippen molar-refractivity contribution in [3.8, 4) is 0 Å². The van der Waals surface area contributed by atoms with Crippen LogP contribution < -0.4 is 5.32 Å². The van der Waals surface area contributed by atoms with Crippen LogP contribution in [-0.2, 0) is 23.8 Å². The maximum Gasteiger partial charge on any atom is 0.220 e. The predicted octanol–water partition coefficient (Wildman–Crippen LogP) is 2.58. The van der Waals surface area contributed by atoms with Gasteiger partial charge in [-0.2, -0.15) is 5.10 Å². The first kappa shape index (κ1) is 17.3. The molecule has 1 spiro atoms. The van der Waals surface area contributed by atoms with Crippen molar-refractivity contribution < 1.29 is 4.79 Å². The van der Waals surface area contributed by atoms with Gasteiger partial charge >= 0.3 is 0 Å². The molecule has 1 atom stereocenters. The highest BCUT2D eigenvalue weighted by atomic mass is 16.1. The molecule has 4 rings (SSSR count). The number of aromatic nitrogens is 2. The van der Waals surface area contributed by atoms with Crippen LogP contribution in [0, 0.1) is 0 Å². The van der Waals surface area contributed by atoms with E-state index in [1.807, 2.05) is 17.9 Å². The molecule has 1 amide bonds. The smallest absolute Gasteiger partial charge is 0.220 e. The number of hydrogen-bond donors (Lipinski definition) is 1. The average Bonchev–Trinajstić information content (AvgIpc) is 3.19. The monoisotopic (exact) mass is 352 g/mol. The van der Waals surface area contributed by atoms with Gasteiger partial charge in [-0.05, 0) is 54.8 Å². The molecule has 26 heavy (non-hydrogen) atoms. The molecule has 1 fully saturated rings. The number of carbonyl (C=O) groups is 1. The van der Waals surface area contributed by atoms with Gasteiger partial charge < -0.3 is 5.32 Å². The highest BCUT2D eigenvalue weighted by Gasteiger charge is 2.45. The number of piperidine rings is 1. The number of likely N-dealkylation sites (tertiary alicyclic amines) is 1. The Morgan fingerprint density at radius 1 is 1.31 bits per heavy atom. The fourth-order valence-corrected chi connectivity index (χ4v) is 4.96. The summed E-state index contributed by atoms with van der Waals surface area (Å²) in [6.45, 7) is 3.19. The van der Waals surface area contributed by atoms with Crippen LogP contribution in [-0.4, -0.2) is 40.7 Å². The van der Waals surface area contributed by atoms with E-state index in [1.165, 1.54) is 29.5 Å². The van der Waals surface area contributed by atoms with Crippen molar-refractivity contribution in [2.45, 2.75) is 43.6 Å². The minimum absolute atomic E-state index is 0.149. The molecular formula is C21H28N4O. The van der Waals surface area contributed by atoms with E-state index in [-0.39, 0.29) is 11.3 Å².